The molecule has 0 spiro atoms. The van der Waals surface area contributed by atoms with Gasteiger partial charge in [-0.3, -0.25) is 4.68 Å². The Morgan fingerprint density at radius 3 is 2.57 bits per heavy atom. The molecule has 1 N–H and O–H groups in total. The number of nitrogens with zero attached hydrogens (tertiary/aromatic N) is 2. The summed E-state index contributed by atoms with van der Waals surface area (Å²) in [5, 5.41) is 15.2. The molecule has 1 atom stereocenters. The van der Waals surface area contributed by atoms with Crippen LogP contribution in [-0.4, -0.2) is 14.9 Å². The van der Waals surface area contributed by atoms with Crippen LogP contribution in [-0.2, 0) is 19.4 Å². The highest BCUT2D eigenvalue weighted by molar-refractivity contribution is 9.10. The molecule has 114 valence electrons. The molecule has 1 aromatic carbocycles. The maximum Gasteiger partial charge on any atom is 0.0848 e. The van der Waals surface area contributed by atoms with Crippen molar-refractivity contribution in [2.75, 3.05) is 0 Å². The van der Waals surface area contributed by atoms with Gasteiger partial charge in [-0.05, 0) is 54.2 Å². The number of aliphatic hydroxyl groups is 1. The van der Waals surface area contributed by atoms with Gasteiger partial charge in [0.15, 0.2) is 0 Å². The largest absolute Gasteiger partial charge is 0.388 e. The first kappa shape index (κ1) is 16.2. The highest BCUT2D eigenvalue weighted by Crippen LogP contribution is 2.28. The van der Waals surface area contributed by atoms with E-state index in [1.807, 2.05) is 10.7 Å². The molecule has 0 aliphatic carbocycles. The summed E-state index contributed by atoms with van der Waals surface area (Å²) in [6, 6.07) is 6.19. The third-order valence-corrected chi connectivity index (χ3v) is 4.78. The third-order valence-electron chi connectivity index (χ3n) is 3.87. The van der Waals surface area contributed by atoms with Gasteiger partial charge in [-0.25, -0.2) is 0 Å². The van der Waals surface area contributed by atoms with Gasteiger partial charge in [-0.1, -0.05) is 30.7 Å². The number of hydrogen-bond donors (Lipinski definition) is 1. The zero-order valence-electron chi connectivity index (χ0n) is 13.2. The van der Waals surface area contributed by atoms with Crippen LogP contribution in [0.4, 0.5) is 0 Å². The zero-order chi connectivity index (χ0) is 15.6. The van der Waals surface area contributed by atoms with E-state index in [2.05, 4.69) is 60.9 Å². The SMILES string of the molecule is CCc1nn(CC)c(CC(O)c2ccc(C)cc2C)c1Br. The molecular weight excluding hydrogens is 328 g/mol. The summed E-state index contributed by atoms with van der Waals surface area (Å²) in [4.78, 5) is 0. The van der Waals surface area contributed by atoms with E-state index in [4.69, 9.17) is 0 Å². The van der Waals surface area contributed by atoms with Crippen molar-refractivity contribution in [3.05, 3.63) is 50.8 Å². The van der Waals surface area contributed by atoms with Gasteiger partial charge in [0, 0.05) is 13.0 Å². The second kappa shape index (κ2) is 6.75. The monoisotopic (exact) mass is 350 g/mol. The number of aliphatic hydroxyl groups excluding tert-OH is 1. The molecule has 0 amide bonds. The van der Waals surface area contributed by atoms with E-state index in [1.54, 1.807) is 0 Å². The predicted molar refractivity (Wildman–Crippen MR) is 89.6 cm³/mol. The molecule has 3 nitrogen and oxygen atoms in total. The zero-order valence-corrected chi connectivity index (χ0v) is 14.7. The molecular formula is C17H23BrN2O. The van der Waals surface area contributed by atoms with E-state index in [-0.39, 0.29) is 0 Å². The fourth-order valence-electron chi connectivity index (χ4n) is 2.70. The van der Waals surface area contributed by atoms with Crippen molar-refractivity contribution in [1.82, 2.24) is 9.78 Å². The molecule has 2 aromatic rings. The van der Waals surface area contributed by atoms with Gasteiger partial charge in [-0.2, -0.15) is 5.10 Å². The second-order valence-corrected chi connectivity index (χ2v) is 6.25. The maximum atomic E-state index is 10.6. The van der Waals surface area contributed by atoms with Crippen molar-refractivity contribution in [1.29, 1.82) is 0 Å². The van der Waals surface area contributed by atoms with E-state index >= 15 is 0 Å². The van der Waals surface area contributed by atoms with E-state index in [9.17, 15) is 5.11 Å². The molecule has 0 bridgehead atoms. The first-order valence-corrected chi connectivity index (χ1v) is 8.26. The standard InChI is InChI=1S/C17H23BrN2O/c1-5-14-17(18)15(20(6-2)19-14)10-16(21)13-8-7-11(3)9-12(13)4/h7-9,16,21H,5-6,10H2,1-4H3. The minimum atomic E-state index is -0.506. The Labute approximate surface area is 135 Å². The molecule has 0 fully saturated rings. The fraction of sp³-hybridized carbons (Fsp3) is 0.471. The molecule has 0 aliphatic rings. The summed E-state index contributed by atoms with van der Waals surface area (Å²) >= 11 is 3.64. The normalized spacial score (nSPS) is 12.7. The van der Waals surface area contributed by atoms with Crippen LogP contribution in [0.3, 0.4) is 0 Å². The first-order chi connectivity index (χ1) is 9.97. The average molecular weight is 351 g/mol. The molecule has 2 rings (SSSR count). The van der Waals surface area contributed by atoms with Crippen molar-refractivity contribution in [3.63, 3.8) is 0 Å². The van der Waals surface area contributed by atoms with Crippen LogP contribution in [0.1, 0.15) is 48.0 Å². The summed E-state index contributed by atoms with van der Waals surface area (Å²) in [6.07, 6.45) is 0.958. The lowest BCUT2D eigenvalue weighted by Gasteiger charge is -2.15. The molecule has 21 heavy (non-hydrogen) atoms. The van der Waals surface area contributed by atoms with Crippen LogP contribution in [0.15, 0.2) is 22.7 Å². The van der Waals surface area contributed by atoms with Crippen molar-refractivity contribution >= 4 is 15.9 Å². The average Bonchev–Trinajstić information content (AvgIpc) is 2.75. The van der Waals surface area contributed by atoms with Gasteiger partial charge in [0.25, 0.3) is 0 Å². The smallest absolute Gasteiger partial charge is 0.0848 e. The summed E-state index contributed by atoms with van der Waals surface area (Å²) in [7, 11) is 0. The van der Waals surface area contributed by atoms with Gasteiger partial charge in [0.05, 0.1) is 22.0 Å². The van der Waals surface area contributed by atoms with Crippen molar-refractivity contribution in [2.24, 2.45) is 0 Å². The second-order valence-electron chi connectivity index (χ2n) is 5.46. The van der Waals surface area contributed by atoms with Gasteiger partial charge in [0.2, 0.25) is 0 Å². The molecule has 4 heteroatoms. The van der Waals surface area contributed by atoms with Crippen LogP contribution in [0.25, 0.3) is 0 Å². The van der Waals surface area contributed by atoms with Crippen LogP contribution in [0.5, 0.6) is 0 Å². The summed E-state index contributed by atoms with van der Waals surface area (Å²) in [5.74, 6) is 0. The Bertz CT molecular complexity index is 634. The van der Waals surface area contributed by atoms with E-state index in [0.29, 0.717) is 6.42 Å². The minimum absolute atomic E-state index is 0.506. The summed E-state index contributed by atoms with van der Waals surface area (Å²) < 4.78 is 3.02. The molecule has 0 saturated heterocycles. The van der Waals surface area contributed by atoms with Gasteiger partial charge in [-0.15, -0.1) is 0 Å². The van der Waals surface area contributed by atoms with Crippen molar-refractivity contribution in [3.8, 4) is 0 Å². The van der Waals surface area contributed by atoms with Gasteiger partial charge in [0.1, 0.15) is 0 Å². The van der Waals surface area contributed by atoms with Crippen LogP contribution >= 0.6 is 15.9 Å². The molecule has 1 aromatic heterocycles. The Kier molecular flexibility index (Phi) is 5.22. The van der Waals surface area contributed by atoms with E-state index in [1.165, 1.54) is 5.56 Å². The molecule has 1 heterocycles. The van der Waals surface area contributed by atoms with Crippen LogP contribution < -0.4 is 0 Å². The maximum absolute atomic E-state index is 10.6. The van der Waals surface area contributed by atoms with E-state index < -0.39 is 6.10 Å². The lowest BCUT2D eigenvalue weighted by atomic mass is 9.98. The lowest BCUT2D eigenvalue weighted by molar-refractivity contribution is 0.174. The lowest BCUT2D eigenvalue weighted by Crippen LogP contribution is -2.10. The number of aryl methyl sites for hydroxylation is 4. The van der Waals surface area contributed by atoms with E-state index in [0.717, 1.165) is 40.0 Å². The molecule has 0 radical (unpaired) electrons. The van der Waals surface area contributed by atoms with Crippen LogP contribution in [0.2, 0.25) is 0 Å². The Hall–Kier alpha value is -1.13. The Balaban J connectivity index is 2.31. The number of benzene rings is 1. The number of halogens is 1. The van der Waals surface area contributed by atoms with Crippen molar-refractivity contribution in [2.45, 2.75) is 53.2 Å². The van der Waals surface area contributed by atoms with Crippen molar-refractivity contribution < 1.29 is 5.11 Å². The first-order valence-electron chi connectivity index (χ1n) is 7.47. The highest BCUT2D eigenvalue weighted by Gasteiger charge is 2.19. The van der Waals surface area contributed by atoms with Crippen LogP contribution in [0, 0.1) is 13.8 Å². The molecule has 1 unspecified atom stereocenters. The molecule has 0 aliphatic heterocycles. The minimum Gasteiger partial charge on any atom is -0.388 e. The Morgan fingerprint density at radius 2 is 2.00 bits per heavy atom. The number of aromatic nitrogens is 2. The van der Waals surface area contributed by atoms with Gasteiger partial charge >= 0.3 is 0 Å². The quantitative estimate of drug-likeness (QED) is 0.880. The Morgan fingerprint density at radius 1 is 1.29 bits per heavy atom. The molecule has 0 saturated carbocycles. The number of hydrogen-bond acceptors (Lipinski definition) is 2. The topological polar surface area (TPSA) is 38.0 Å². The third kappa shape index (κ3) is 3.38. The number of rotatable bonds is 5. The fourth-order valence-corrected chi connectivity index (χ4v) is 3.43. The highest BCUT2D eigenvalue weighted by atomic mass is 79.9. The summed E-state index contributed by atoms with van der Waals surface area (Å²) in [6.45, 7) is 9.10. The predicted octanol–water partition coefficient (Wildman–Crippen LogP) is 4.12. The summed E-state index contributed by atoms with van der Waals surface area (Å²) in [5.41, 5.74) is 5.48. The van der Waals surface area contributed by atoms with Gasteiger partial charge < -0.3 is 5.11 Å².